The van der Waals surface area contributed by atoms with E-state index in [4.69, 9.17) is 30.0 Å². The SMILES string of the molecule is CN/C([S-])=N/N=C(/C(=N/N=C(\[S-])NCCOC[P+](c1ccccc1)(c1ccccc1)c1ccccc1)c1ccccc1)c1ccccn1.[Cu+2]. The number of nitrogens with one attached hydrogen (secondary N) is 2. The first-order valence-electron chi connectivity index (χ1n) is 15.3. The van der Waals surface area contributed by atoms with Crippen LogP contribution in [0.4, 0.5) is 0 Å². The van der Waals surface area contributed by atoms with Crippen molar-refractivity contribution < 1.29 is 21.8 Å². The van der Waals surface area contributed by atoms with Crippen LogP contribution < -0.4 is 26.5 Å². The summed E-state index contributed by atoms with van der Waals surface area (Å²) >= 11 is 10.8. The molecule has 0 aliphatic carbocycles. The molecule has 2 N–H and O–H groups in total. The molecule has 0 aliphatic rings. The molecule has 12 heteroatoms. The van der Waals surface area contributed by atoms with Crippen LogP contribution in [0, 0.1) is 0 Å². The quantitative estimate of drug-likeness (QED) is 0.0343. The van der Waals surface area contributed by atoms with Crippen molar-refractivity contribution >= 4 is 70.2 Å². The third-order valence-electron chi connectivity index (χ3n) is 7.27. The minimum Gasteiger partial charge on any atom is -0.741 e. The summed E-state index contributed by atoms with van der Waals surface area (Å²) in [5.41, 5.74) is 2.18. The van der Waals surface area contributed by atoms with E-state index in [1.807, 2.05) is 66.7 Å². The molecule has 0 atom stereocenters. The first-order valence-corrected chi connectivity index (χ1v) is 18.1. The molecule has 0 fully saturated rings. The van der Waals surface area contributed by atoms with Crippen molar-refractivity contribution in [1.29, 1.82) is 0 Å². The van der Waals surface area contributed by atoms with Crippen molar-refractivity contribution in [2.24, 2.45) is 20.4 Å². The topological polar surface area (TPSA) is 95.6 Å². The van der Waals surface area contributed by atoms with Gasteiger partial charge in [-0.2, -0.15) is 10.2 Å². The van der Waals surface area contributed by atoms with Gasteiger partial charge in [-0.25, -0.2) is 0 Å². The van der Waals surface area contributed by atoms with E-state index in [0.717, 1.165) is 5.56 Å². The van der Waals surface area contributed by atoms with Crippen LogP contribution >= 0.6 is 7.26 Å². The van der Waals surface area contributed by atoms with Gasteiger partial charge in [0.1, 0.15) is 34.6 Å². The maximum Gasteiger partial charge on any atom is 2.00 e. The van der Waals surface area contributed by atoms with Gasteiger partial charge in [-0.15, -0.1) is 10.2 Å². The van der Waals surface area contributed by atoms with E-state index in [1.165, 1.54) is 15.9 Å². The summed E-state index contributed by atoms with van der Waals surface area (Å²) in [6.07, 6.45) is 2.21. The Bertz CT molecular complexity index is 1750. The van der Waals surface area contributed by atoms with Crippen LogP contribution in [-0.4, -0.2) is 53.3 Å². The van der Waals surface area contributed by atoms with Gasteiger partial charge < -0.3 is 40.6 Å². The van der Waals surface area contributed by atoms with Crippen LogP contribution in [0.15, 0.2) is 166 Å². The summed E-state index contributed by atoms with van der Waals surface area (Å²) in [4.78, 5) is 4.47. The second kappa shape index (κ2) is 19.6. The number of amidine groups is 2. The van der Waals surface area contributed by atoms with Crippen LogP contribution in [0.2, 0.25) is 0 Å². The van der Waals surface area contributed by atoms with Gasteiger partial charge in [-0.3, -0.25) is 4.98 Å². The molecule has 4 aromatic carbocycles. The van der Waals surface area contributed by atoms with Crippen molar-refractivity contribution in [3.8, 4) is 0 Å². The Balaban J connectivity index is 0.00000541. The third-order valence-corrected chi connectivity index (χ3v) is 11.9. The van der Waals surface area contributed by atoms with Gasteiger partial charge in [0.2, 0.25) is 0 Å². The van der Waals surface area contributed by atoms with Crippen molar-refractivity contribution in [3.05, 3.63) is 157 Å². The number of benzene rings is 4. The maximum atomic E-state index is 6.46. The number of nitrogens with zero attached hydrogens (tertiary/aromatic N) is 5. The van der Waals surface area contributed by atoms with Gasteiger partial charge >= 0.3 is 17.1 Å². The average Bonchev–Trinajstić information content (AvgIpc) is 3.16. The molecule has 1 aromatic heterocycles. The zero-order valence-electron chi connectivity index (χ0n) is 26.7. The smallest absolute Gasteiger partial charge is 0.741 e. The van der Waals surface area contributed by atoms with Gasteiger partial charge in [0.15, 0.2) is 6.35 Å². The fraction of sp³-hybridized carbons (Fsp3) is 0.108. The molecule has 0 spiro atoms. The molecular weight excluding hydrogens is 717 g/mol. The van der Waals surface area contributed by atoms with E-state index in [1.54, 1.807) is 13.2 Å². The molecule has 0 saturated carbocycles. The first-order chi connectivity index (χ1) is 23.6. The molecule has 1 heterocycles. The monoisotopic (exact) mass is 751 g/mol. The zero-order chi connectivity index (χ0) is 33.4. The van der Waals surface area contributed by atoms with Crippen molar-refractivity contribution in [1.82, 2.24) is 15.6 Å². The molecule has 0 amide bonds. The summed E-state index contributed by atoms with van der Waals surface area (Å²) in [6, 6.07) is 47.0. The van der Waals surface area contributed by atoms with Gasteiger partial charge in [0.05, 0.1) is 12.3 Å². The van der Waals surface area contributed by atoms with Gasteiger partial charge in [0, 0.05) is 25.4 Å². The molecule has 251 valence electrons. The standard InChI is InChI=1S/C37H36N7OPS2.Cu/c1-38-36(47)43-42-35(33-24-14-15-25-39-33)34(29-16-6-2-7-17-29)41-44-37(48)40-26-27-45-28-46(30-18-8-3-9-19-30,31-20-10-4-11-21-31)32-22-12-5-13-23-32;/h2-25H,26-28H2,1H3,(H3-,38,39,40,41,42,43,44,47,48);/q;+2/p-1. The zero-order valence-corrected chi connectivity index (χ0v) is 30.2. The normalized spacial score (nSPS) is 12.6. The fourth-order valence-electron chi connectivity index (χ4n) is 4.99. The van der Waals surface area contributed by atoms with Crippen molar-refractivity contribution in [2.45, 2.75) is 0 Å². The van der Waals surface area contributed by atoms with E-state index in [0.29, 0.717) is 36.6 Å². The van der Waals surface area contributed by atoms with Crippen molar-refractivity contribution in [3.63, 3.8) is 0 Å². The Morgan fingerprint density at radius 3 is 1.63 bits per heavy atom. The molecule has 0 unspecified atom stereocenters. The van der Waals surface area contributed by atoms with E-state index >= 15 is 0 Å². The fourth-order valence-corrected chi connectivity index (χ4v) is 8.96. The molecule has 0 aliphatic heterocycles. The molecule has 1 radical (unpaired) electrons. The van der Waals surface area contributed by atoms with Crippen LogP contribution in [0.3, 0.4) is 0 Å². The van der Waals surface area contributed by atoms with Crippen molar-refractivity contribution in [2.75, 3.05) is 26.5 Å². The summed E-state index contributed by atoms with van der Waals surface area (Å²) in [5.74, 6) is 0. The maximum absolute atomic E-state index is 6.46. The Hall–Kier alpha value is -4.34. The van der Waals surface area contributed by atoms with E-state index < -0.39 is 7.26 Å². The van der Waals surface area contributed by atoms with E-state index in [2.05, 4.69) is 109 Å². The second-order valence-electron chi connectivity index (χ2n) is 10.3. The van der Waals surface area contributed by atoms with Gasteiger partial charge in [-0.1, -0.05) is 91.0 Å². The predicted molar refractivity (Wildman–Crippen MR) is 206 cm³/mol. The second-order valence-corrected chi connectivity index (χ2v) is 14.5. The number of rotatable bonds is 13. The Kier molecular flexibility index (Phi) is 15.0. The number of ether oxygens (including phenoxy) is 1. The molecule has 0 saturated heterocycles. The summed E-state index contributed by atoms with van der Waals surface area (Å²) in [6.45, 7) is 0.865. The molecule has 5 rings (SSSR count). The summed E-state index contributed by atoms with van der Waals surface area (Å²) in [5, 5.41) is 27.6. The summed E-state index contributed by atoms with van der Waals surface area (Å²) in [7, 11) is -0.419. The first kappa shape index (κ1) is 37.5. The minimum absolute atomic E-state index is 0. The number of hydrogen-bond donors (Lipinski definition) is 2. The number of hydrogen-bond acceptors (Lipinski definition) is 8. The van der Waals surface area contributed by atoms with Crippen LogP contribution in [0.25, 0.3) is 0 Å². The average molecular weight is 752 g/mol. The minimum atomic E-state index is -2.10. The predicted octanol–water partition coefficient (Wildman–Crippen LogP) is 4.77. The summed E-state index contributed by atoms with van der Waals surface area (Å²) < 4.78 is 6.46. The number of pyridine rings is 1. The molecule has 8 nitrogen and oxygen atoms in total. The van der Waals surface area contributed by atoms with Crippen LogP contribution in [-0.2, 0) is 47.1 Å². The van der Waals surface area contributed by atoms with Gasteiger partial charge in [-0.05, 0) is 58.9 Å². The molecule has 0 bridgehead atoms. The van der Waals surface area contributed by atoms with E-state index in [-0.39, 0.29) is 27.4 Å². The molecule has 5 aromatic rings. The van der Waals surface area contributed by atoms with Crippen LogP contribution in [0.5, 0.6) is 0 Å². The number of aromatic nitrogens is 1. The Morgan fingerprint density at radius 2 is 1.12 bits per heavy atom. The van der Waals surface area contributed by atoms with Gasteiger partial charge in [0.25, 0.3) is 0 Å². The third kappa shape index (κ3) is 10.1. The Labute approximate surface area is 310 Å². The van der Waals surface area contributed by atoms with Crippen LogP contribution in [0.1, 0.15) is 11.3 Å². The van der Waals surface area contributed by atoms with E-state index in [9.17, 15) is 0 Å². The molecule has 49 heavy (non-hydrogen) atoms. The molecular formula is C37H35CuN7OPS2+. The largest absolute Gasteiger partial charge is 2.00 e. The Morgan fingerprint density at radius 1 is 0.633 bits per heavy atom.